The van der Waals surface area contributed by atoms with E-state index in [0.717, 1.165) is 17.3 Å². The minimum atomic E-state index is 0.458. The summed E-state index contributed by atoms with van der Waals surface area (Å²) in [6, 6.07) is 17.5. The van der Waals surface area contributed by atoms with E-state index >= 15 is 0 Å². The molecule has 0 fully saturated rings. The van der Waals surface area contributed by atoms with E-state index in [4.69, 9.17) is 0 Å². The minimum Gasteiger partial charge on any atom is -0.382 e. The Kier molecular flexibility index (Phi) is 5.03. The summed E-state index contributed by atoms with van der Waals surface area (Å²) >= 11 is 3.61. The van der Waals surface area contributed by atoms with Crippen LogP contribution in [0.3, 0.4) is 0 Å². The molecule has 2 aromatic rings. The summed E-state index contributed by atoms with van der Waals surface area (Å²) < 4.78 is 1.14. The SMILES string of the molecule is Cc1ccc(NC(C)CCc2ccccc2)c(Br)c1. The van der Waals surface area contributed by atoms with Crippen LogP contribution in [0.4, 0.5) is 5.69 Å². The smallest absolute Gasteiger partial charge is 0.0486 e. The van der Waals surface area contributed by atoms with Gasteiger partial charge in [0.1, 0.15) is 0 Å². The summed E-state index contributed by atoms with van der Waals surface area (Å²) in [6.45, 7) is 4.34. The zero-order chi connectivity index (χ0) is 13.7. The first kappa shape index (κ1) is 14.1. The number of aryl methyl sites for hydroxylation is 2. The van der Waals surface area contributed by atoms with E-state index in [0.29, 0.717) is 6.04 Å². The zero-order valence-electron chi connectivity index (χ0n) is 11.5. The van der Waals surface area contributed by atoms with Crippen molar-refractivity contribution in [3.63, 3.8) is 0 Å². The summed E-state index contributed by atoms with van der Waals surface area (Å²) in [5.41, 5.74) is 3.85. The van der Waals surface area contributed by atoms with Gasteiger partial charge >= 0.3 is 0 Å². The Balaban J connectivity index is 1.89. The first-order chi connectivity index (χ1) is 9.15. The van der Waals surface area contributed by atoms with Crippen LogP contribution in [-0.2, 0) is 6.42 Å². The fourth-order valence-electron chi connectivity index (χ4n) is 2.10. The maximum absolute atomic E-state index is 3.61. The molecule has 100 valence electrons. The molecule has 0 saturated heterocycles. The van der Waals surface area contributed by atoms with Gasteiger partial charge in [0.2, 0.25) is 0 Å². The Hall–Kier alpha value is -1.28. The molecule has 1 atom stereocenters. The molecule has 0 spiro atoms. The molecular formula is C17H20BrN. The Bertz CT molecular complexity index is 522. The fraction of sp³-hybridized carbons (Fsp3) is 0.294. The zero-order valence-corrected chi connectivity index (χ0v) is 13.1. The van der Waals surface area contributed by atoms with Gasteiger partial charge in [0.05, 0.1) is 0 Å². The molecule has 0 aliphatic carbocycles. The van der Waals surface area contributed by atoms with Gasteiger partial charge < -0.3 is 5.32 Å². The van der Waals surface area contributed by atoms with Crippen LogP contribution in [0.25, 0.3) is 0 Å². The van der Waals surface area contributed by atoms with Crippen LogP contribution in [0, 0.1) is 6.92 Å². The summed E-state index contributed by atoms with van der Waals surface area (Å²) in [5.74, 6) is 0. The number of anilines is 1. The van der Waals surface area contributed by atoms with Gasteiger partial charge in [-0.3, -0.25) is 0 Å². The van der Waals surface area contributed by atoms with Gasteiger partial charge in [0.15, 0.2) is 0 Å². The van der Waals surface area contributed by atoms with Crippen LogP contribution >= 0.6 is 15.9 Å². The van der Waals surface area contributed by atoms with E-state index in [-0.39, 0.29) is 0 Å². The summed E-state index contributed by atoms with van der Waals surface area (Å²) in [7, 11) is 0. The van der Waals surface area contributed by atoms with Crippen molar-refractivity contribution in [1.29, 1.82) is 0 Å². The molecule has 2 aromatic carbocycles. The van der Waals surface area contributed by atoms with Gasteiger partial charge in [-0.2, -0.15) is 0 Å². The van der Waals surface area contributed by atoms with Gasteiger partial charge in [0, 0.05) is 16.2 Å². The monoisotopic (exact) mass is 317 g/mol. The van der Waals surface area contributed by atoms with Crippen molar-refractivity contribution >= 4 is 21.6 Å². The molecular weight excluding hydrogens is 298 g/mol. The van der Waals surface area contributed by atoms with Gasteiger partial charge in [-0.25, -0.2) is 0 Å². The third-order valence-electron chi connectivity index (χ3n) is 3.24. The number of halogens is 1. The van der Waals surface area contributed by atoms with E-state index in [1.165, 1.54) is 16.8 Å². The molecule has 2 rings (SSSR count). The first-order valence-electron chi connectivity index (χ1n) is 6.72. The van der Waals surface area contributed by atoms with Crippen LogP contribution in [-0.4, -0.2) is 6.04 Å². The summed E-state index contributed by atoms with van der Waals surface area (Å²) in [5, 5.41) is 3.56. The lowest BCUT2D eigenvalue weighted by atomic mass is 10.1. The van der Waals surface area contributed by atoms with E-state index in [1.54, 1.807) is 0 Å². The van der Waals surface area contributed by atoms with Crippen molar-refractivity contribution in [3.8, 4) is 0 Å². The van der Waals surface area contributed by atoms with Crippen LogP contribution in [0.15, 0.2) is 53.0 Å². The Labute approximate surface area is 124 Å². The highest BCUT2D eigenvalue weighted by molar-refractivity contribution is 9.10. The molecule has 0 aliphatic rings. The van der Waals surface area contributed by atoms with E-state index in [2.05, 4.69) is 83.6 Å². The van der Waals surface area contributed by atoms with E-state index in [9.17, 15) is 0 Å². The topological polar surface area (TPSA) is 12.0 Å². The molecule has 0 radical (unpaired) electrons. The normalized spacial score (nSPS) is 12.2. The molecule has 0 amide bonds. The quantitative estimate of drug-likeness (QED) is 0.800. The highest BCUT2D eigenvalue weighted by Gasteiger charge is 2.05. The number of nitrogens with one attached hydrogen (secondary N) is 1. The lowest BCUT2D eigenvalue weighted by molar-refractivity contribution is 0.706. The van der Waals surface area contributed by atoms with E-state index < -0.39 is 0 Å². The molecule has 1 N–H and O–H groups in total. The Morgan fingerprint density at radius 1 is 1.11 bits per heavy atom. The average Bonchev–Trinajstić information content (AvgIpc) is 2.41. The minimum absolute atomic E-state index is 0.458. The maximum Gasteiger partial charge on any atom is 0.0486 e. The Morgan fingerprint density at radius 2 is 1.84 bits per heavy atom. The third kappa shape index (κ3) is 4.39. The predicted molar refractivity (Wildman–Crippen MR) is 86.7 cm³/mol. The maximum atomic E-state index is 3.61. The summed E-state index contributed by atoms with van der Waals surface area (Å²) in [4.78, 5) is 0. The van der Waals surface area contributed by atoms with Crippen LogP contribution in [0.1, 0.15) is 24.5 Å². The van der Waals surface area contributed by atoms with Crippen molar-refractivity contribution in [1.82, 2.24) is 0 Å². The second-order valence-corrected chi connectivity index (χ2v) is 5.91. The molecule has 19 heavy (non-hydrogen) atoms. The molecule has 0 saturated carbocycles. The lowest BCUT2D eigenvalue weighted by Gasteiger charge is -2.16. The molecule has 0 aromatic heterocycles. The molecule has 0 aliphatic heterocycles. The third-order valence-corrected chi connectivity index (χ3v) is 3.89. The van der Waals surface area contributed by atoms with Crippen LogP contribution in [0.2, 0.25) is 0 Å². The van der Waals surface area contributed by atoms with Crippen LogP contribution < -0.4 is 5.32 Å². The number of rotatable bonds is 5. The Morgan fingerprint density at radius 3 is 2.53 bits per heavy atom. The van der Waals surface area contributed by atoms with Crippen molar-refractivity contribution in [2.75, 3.05) is 5.32 Å². The van der Waals surface area contributed by atoms with Crippen molar-refractivity contribution < 1.29 is 0 Å². The molecule has 0 bridgehead atoms. The molecule has 1 nitrogen and oxygen atoms in total. The summed E-state index contributed by atoms with van der Waals surface area (Å²) in [6.07, 6.45) is 2.24. The van der Waals surface area contributed by atoms with Crippen molar-refractivity contribution in [2.24, 2.45) is 0 Å². The van der Waals surface area contributed by atoms with Gasteiger partial charge in [-0.15, -0.1) is 0 Å². The molecule has 0 heterocycles. The highest BCUT2D eigenvalue weighted by Crippen LogP contribution is 2.24. The highest BCUT2D eigenvalue weighted by atomic mass is 79.9. The standard InChI is InChI=1S/C17H20BrN/c1-13-8-11-17(16(18)12-13)19-14(2)9-10-15-6-4-3-5-7-15/h3-8,11-12,14,19H,9-10H2,1-2H3. The van der Waals surface area contributed by atoms with Crippen molar-refractivity contribution in [2.45, 2.75) is 32.7 Å². The average molecular weight is 318 g/mol. The number of benzene rings is 2. The molecule has 2 heteroatoms. The van der Waals surface area contributed by atoms with Gasteiger partial charge in [-0.05, 0) is 65.9 Å². The second kappa shape index (κ2) is 6.76. The van der Waals surface area contributed by atoms with Crippen molar-refractivity contribution in [3.05, 3.63) is 64.1 Å². The fourth-order valence-corrected chi connectivity index (χ4v) is 2.71. The predicted octanol–water partition coefficient (Wildman–Crippen LogP) is 5.19. The van der Waals surface area contributed by atoms with Gasteiger partial charge in [-0.1, -0.05) is 36.4 Å². The molecule has 1 unspecified atom stereocenters. The number of hydrogen-bond donors (Lipinski definition) is 1. The van der Waals surface area contributed by atoms with E-state index in [1.807, 2.05) is 0 Å². The second-order valence-electron chi connectivity index (χ2n) is 5.05. The number of hydrogen-bond acceptors (Lipinski definition) is 1. The van der Waals surface area contributed by atoms with Gasteiger partial charge in [0.25, 0.3) is 0 Å². The van der Waals surface area contributed by atoms with Crippen LogP contribution in [0.5, 0.6) is 0 Å². The lowest BCUT2D eigenvalue weighted by Crippen LogP contribution is -2.16. The first-order valence-corrected chi connectivity index (χ1v) is 7.51. The largest absolute Gasteiger partial charge is 0.382 e.